The van der Waals surface area contributed by atoms with Gasteiger partial charge in [0.1, 0.15) is 11.6 Å². The number of ether oxygens (including phenoxy) is 1. The van der Waals surface area contributed by atoms with Gasteiger partial charge in [0.2, 0.25) is 5.91 Å². The van der Waals surface area contributed by atoms with Crippen molar-refractivity contribution in [1.29, 1.82) is 0 Å². The van der Waals surface area contributed by atoms with Crippen molar-refractivity contribution >= 4 is 11.7 Å². The molecular weight excluding hydrogens is 270 g/mol. The van der Waals surface area contributed by atoms with Crippen molar-refractivity contribution in [1.82, 2.24) is 5.32 Å². The fourth-order valence-corrected chi connectivity index (χ4v) is 1.68. The first-order valence-electron chi connectivity index (χ1n) is 6.76. The van der Waals surface area contributed by atoms with E-state index >= 15 is 0 Å². The zero-order valence-corrected chi connectivity index (χ0v) is 12.7. The number of nitrogens with two attached hydrogens (primary N) is 1. The van der Waals surface area contributed by atoms with E-state index in [-0.39, 0.29) is 11.7 Å². The highest BCUT2D eigenvalue weighted by atomic mass is 16.5. The molecule has 0 radical (unpaired) electrons. The van der Waals surface area contributed by atoms with Crippen LogP contribution in [0.4, 0.5) is 0 Å². The van der Waals surface area contributed by atoms with Crippen molar-refractivity contribution in [2.24, 2.45) is 16.3 Å². The Kier molecular flexibility index (Phi) is 6.02. The molecule has 0 spiro atoms. The van der Waals surface area contributed by atoms with Gasteiger partial charge in [-0.2, -0.15) is 0 Å². The van der Waals surface area contributed by atoms with Crippen molar-refractivity contribution in [3.05, 3.63) is 29.8 Å². The Balaban J connectivity index is 2.40. The molecule has 0 saturated carbocycles. The average Bonchev–Trinajstić information content (AvgIpc) is 2.50. The molecule has 0 aliphatic rings. The fraction of sp³-hybridized carbons (Fsp3) is 0.467. The number of rotatable bonds is 7. The van der Waals surface area contributed by atoms with Gasteiger partial charge in [0.05, 0.1) is 7.11 Å². The van der Waals surface area contributed by atoms with E-state index in [1.165, 1.54) is 0 Å². The lowest BCUT2D eigenvalue weighted by atomic mass is 9.92. The number of hydrogen-bond acceptors (Lipinski definition) is 4. The highest BCUT2D eigenvalue weighted by molar-refractivity contribution is 5.86. The van der Waals surface area contributed by atoms with Gasteiger partial charge < -0.3 is 21.0 Å². The number of methoxy groups -OCH3 is 1. The maximum Gasteiger partial charge on any atom is 0.220 e. The first-order chi connectivity index (χ1) is 9.89. The van der Waals surface area contributed by atoms with E-state index in [1.54, 1.807) is 21.0 Å². The summed E-state index contributed by atoms with van der Waals surface area (Å²) in [6, 6.07) is 7.61. The molecule has 0 bridgehead atoms. The Labute approximate surface area is 125 Å². The third-order valence-electron chi connectivity index (χ3n) is 3.33. The molecule has 0 unspecified atom stereocenters. The number of aryl methyl sites for hydroxylation is 1. The summed E-state index contributed by atoms with van der Waals surface area (Å²) in [7, 11) is 1.62. The monoisotopic (exact) mass is 293 g/mol. The second-order valence-electron chi connectivity index (χ2n) is 5.49. The summed E-state index contributed by atoms with van der Waals surface area (Å²) in [5.41, 5.74) is 6.06. The molecule has 0 fully saturated rings. The van der Waals surface area contributed by atoms with Crippen LogP contribution < -0.4 is 15.8 Å². The van der Waals surface area contributed by atoms with Crippen LogP contribution in [0.1, 0.15) is 25.8 Å². The van der Waals surface area contributed by atoms with E-state index < -0.39 is 5.41 Å². The van der Waals surface area contributed by atoms with Crippen LogP contribution in [-0.4, -0.2) is 30.6 Å². The molecule has 6 heteroatoms. The predicted octanol–water partition coefficient (Wildman–Crippen LogP) is 1.52. The summed E-state index contributed by atoms with van der Waals surface area (Å²) in [4.78, 5) is 11.8. The summed E-state index contributed by atoms with van der Waals surface area (Å²) in [5.74, 6) is 0.825. The van der Waals surface area contributed by atoms with Crippen LogP contribution in [0.2, 0.25) is 0 Å². The van der Waals surface area contributed by atoms with Crippen molar-refractivity contribution in [3.8, 4) is 5.75 Å². The van der Waals surface area contributed by atoms with E-state index in [9.17, 15) is 4.79 Å². The largest absolute Gasteiger partial charge is 0.497 e. The first kappa shape index (κ1) is 16.8. The Morgan fingerprint density at radius 2 is 2.00 bits per heavy atom. The first-order valence-corrected chi connectivity index (χ1v) is 6.76. The number of oxime groups is 1. The second-order valence-corrected chi connectivity index (χ2v) is 5.49. The lowest BCUT2D eigenvalue weighted by Gasteiger charge is -2.23. The molecule has 1 aromatic carbocycles. The van der Waals surface area contributed by atoms with Crippen LogP contribution in [0.25, 0.3) is 0 Å². The lowest BCUT2D eigenvalue weighted by Crippen LogP contribution is -2.42. The van der Waals surface area contributed by atoms with Gasteiger partial charge in [-0.1, -0.05) is 31.1 Å². The van der Waals surface area contributed by atoms with Gasteiger partial charge in [-0.3, -0.25) is 4.79 Å². The Bertz CT molecular complexity index is 495. The molecular formula is C15H23N3O3. The predicted molar refractivity (Wildman–Crippen MR) is 81.5 cm³/mol. The summed E-state index contributed by atoms with van der Waals surface area (Å²) < 4.78 is 5.08. The van der Waals surface area contributed by atoms with Gasteiger partial charge in [-0.15, -0.1) is 0 Å². The number of amides is 1. The van der Waals surface area contributed by atoms with E-state index in [2.05, 4.69) is 10.5 Å². The molecule has 0 aliphatic heterocycles. The number of nitrogens with one attached hydrogen (secondary N) is 1. The highest BCUT2D eigenvalue weighted by Gasteiger charge is 2.24. The average molecular weight is 293 g/mol. The third kappa shape index (κ3) is 5.33. The zero-order valence-electron chi connectivity index (χ0n) is 12.7. The van der Waals surface area contributed by atoms with Crippen molar-refractivity contribution in [2.75, 3.05) is 13.7 Å². The minimum absolute atomic E-state index is 0.0652. The maximum atomic E-state index is 11.8. The van der Waals surface area contributed by atoms with Crippen LogP contribution in [0.5, 0.6) is 5.75 Å². The van der Waals surface area contributed by atoms with Crippen molar-refractivity contribution in [3.63, 3.8) is 0 Å². The van der Waals surface area contributed by atoms with Gasteiger partial charge in [-0.05, 0) is 24.1 Å². The topological polar surface area (TPSA) is 96.9 Å². The number of hydrogen-bond donors (Lipinski definition) is 3. The molecule has 21 heavy (non-hydrogen) atoms. The lowest BCUT2D eigenvalue weighted by molar-refractivity contribution is -0.121. The Hall–Kier alpha value is -2.24. The molecule has 0 aromatic heterocycles. The van der Waals surface area contributed by atoms with E-state index in [4.69, 9.17) is 15.7 Å². The number of carbonyl (C=O) groups is 1. The zero-order chi connectivity index (χ0) is 15.9. The number of nitrogens with zero attached hydrogens (tertiary/aromatic N) is 1. The summed E-state index contributed by atoms with van der Waals surface area (Å²) in [6.45, 7) is 3.92. The fourth-order valence-electron chi connectivity index (χ4n) is 1.68. The standard InChI is InChI=1S/C15H23N3O3/c1-15(2,14(16)18-20)10-17-13(19)9-6-11-4-7-12(21-3)8-5-11/h4-5,7-8,20H,6,9-10H2,1-3H3,(H2,16,18)(H,17,19). The Morgan fingerprint density at radius 3 is 2.52 bits per heavy atom. The van der Waals surface area contributed by atoms with E-state index in [0.717, 1.165) is 11.3 Å². The van der Waals surface area contributed by atoms with Gasteiger partial charge in [0.25, 0.3) is 0 Å². The number of benzene rings is 1. The quantitative estimate of drug-likeness (QED) is 0.307. The Morgan fingerprint density at radius 1 is 1.38 bits per heavy atom. The molecule has 4 N–H and O–H groups in total. The highest BCUT2D eigenvalue weighted by Crippen LogP contribution is 2.14. The minimum Gasteiger partial charge on any atom is -0.497 e. The molecule has 0 saturated heterocycles. The van der Waals surface area contributed by atoms with Crippen LogP contribution in [0.15, 0.2) is 29.4 Å². The van der Waals surface area contributed by atoms with Crippen molar-refractivity contribution in [2.45, 2.75) is 26.7 Å². The number of amidine groups is 1. The molecule has 1 amide bonds. The SMILES string of the molecule is COc1ccc(CCC(=O)NCC(C)(C)/C(N)=N/O)cc1. The van der Waals surface area contributed by atoms with Crippen LogP contribution in [0, 0.1) is 5.41 Å². The molecule has 0 heterocycles. The summed E-state index contributed by atoms with van der Waals surface area (Å²) >= 11 is 0. The normalized spacial score (nSPS) is 12.0. The van der Waals surface area contributed by atoms with Crippen LogP contribution in [0.3, 0.4) is 0 Å². The van der Waals surface area contributed by atoms with Gasteiger partial charge >= 0.3 is 0 Å². The smallest absolute Gasteiger partial charge is 0.220 e. The molecule has 116 valence electrons. The van der Waals surface area contributed by atoms with Crippen molar-refractivity contribution < 1.29 is 14.7 Å². The maximum absolute atomic E-state index is 11.8. The van der Waals surface area contributed by atoms with Gasteiger partial charge in [0.15, 0.2) is 0 Å². The summed E-state index contributed by atoms with van der Waals surface area (Å²) in [5, 5.41) is 14.4. The molecule has 0 atom stereocenters. The molecule has 1 aromatic rings. The van der Waals surface area contributed by atoms with E-state index in [1.807, 2.05) is 24.3 Å². The molecule has 0 aliphatic carbocycles. The van der Waals surface area contributed by atoms with E-state index in [0.29, 0.717) is 19.4 Å². The second kappa shape index (κ2) is 7.52. The van der Waals surface area contributed by atoms with Gasteiger partial charge in [0, 0.05) is 18.4 Å². The third-order valence-corrected chi connectivity index (χ3v) is 3.33. The van der Waals surface area contributed by atoms with Crippen LogP contribution in [-0.2, 0) is 11.2 Å². The molecule has 6 nitrogen and oxygen atoms in total. The molecule has 1 rings (SSSR count). The summed E-state index contributed by atoms with van der Waals surface area (Å²) in [6.07, 6.45) is 1.04. The van der Waals surface area contributed by atoms with Gasteiger partial charge in [-0.25, -0.2) is 0 Å². The number of carbonyl (C=O) groups excluding carboxylic acids is 1. The minimum atomic E-state index is -0.579. The van der Waals surface area contributed by atoms with Crippen LogP contribution >= 0.6 is 0 Å².